The van der Waals surface area contributed by atoms with Gasteiger partial charge in [-0.1, -0.05) is 36.0 Å². The zero-order chi connectivity index (χ0) is 25.7. The van der Waals surface area contributed by atoms with Gasteiger partial charge in [-0.25, -0.2) is 0 Å². The van der Waals surface area contributed by atoms with E-state index in [0.717, 1.165) is 22.3 Å². The maximum Gasteiger partial charge on any atom is 0.285 e. The topological polar surface area (TPSA) is 97.0 Å². The van der Waals surface area contributed by atoms with E-state index in [2.05, 4.69) is 10.7 Å². The minimum atomic E-state index is -0.429. The van der Waals surface area contributed by atoms with E-state index in [0.29, 0.717) is 32.5 Å². The Bertz CT molecular complexity index is 1350. The molecule has 0 radical (unpaired) electrons. The van der Waals surface area contributed by atoms with Gasteiger partial charge >= 0.3 is 0 Å². The number of thiophene rings is 1. The van der Waals surface area contributed by atoms with Crippen LogP contribution in [-0.4, -0.2) is 40.8 Å². The molecule has 0 aliphatic carbocycles. The van der Waals surface area contributed by atoms with Crippen molar-refractivity contribution in [3.63, 3.8) is 0 Å². The summed E-state index contributed by atoms with van der Waals surface area (Å²) in [5.41, 5.74) is 4.93. The average Bonchev–Trinajstić information content (AvgIpc) is 3.48. The number of thiocarbonyl (C=S) groups is 1. The second-order valence-electron chi connectivity index (χ2n) is 7.55. The molecule has 8 nitrogen and oxygen atoms in total. The first-order valence-electron chi connectivity index (χ1n) is 10.6. The van der Waals surface area contributed by atoms with E-state index < -0.39 is 11.8 Å². The van der Waals surface area contributed by atoms with Gasteiger partial charge in [-0.05, 0) is 72.1 Å². The standard InChI is InChI=1S/C25H21N3O5S3/c1-15-5-3-6-17(11-15)26-22(29)14-33-18-9-8-16(12-19(18)32-2)13-21-24(31)28(25(34)36-21)27-23(30)20-7-4-10-35-20/h3-13H,14H2,1-2H3,(H,26,29)(H,27,30)/b21-13+. The lowest BCUT2D eigenvalue weighted by atomic mass is 10.2. The molecular weight excluding hydrogens is 518 g/mol. The summed E-state index contributed by atoms with van der Waals surface area (Å²) in [6.45, 7) is 1.74. The molecule has 1 aliphatic heterocycles. The minimum Gasteiger partial charge on any atom is -0.493 e. The number of nitrogens with one attached hydrogen (secondary N) is 2. The molecule has 3 aromatic rings. The second-order valence-corrected chi connectivity index (χ2v) is 10.2. The van der Waals surface area contributed by atoms with Crippen LogP contribution in [0.2, 0.25) is 0 Å². The third-order valence-corrected chi connectivity index (χ3v) is 7.07. The number of ether oxygens (including phenoxy) is 2. The Morgan fingerprint density at radius 2 is 1.94 bits per heavy atom. The number of rotatable bonds is 8. The van der Waals surface area contributed by atoms with Crippen molar-refractivity contribution in [3.8, 4) is 11.5 Å². The minimum absolute atomic E-state index is 0.202. The highest BCUT2D eigenvalue weighted by Gasteiger charge is 2.34. The lowest BCUT2D eigenvalue weighted by Gasteiger charge is -2.14. The van der Waals surface area contributed by atoms with Crippen molar-refractivity contribution in [2.45, 2.75) is 6.92 Å². The molecule has 2 aromatic carbocycles. The molecule has 0 spiro atoms. The number of aryl methyl sites for hydroxylation is 1. The lowest BCUT2D eigenvalue weighted by molar-refractivity contribution is -0.123. The Labute approximate surface area is 221 Å². The van der Waals surface area contributed by atoms with Gasteiger partial charge in [-0.3, -0.25) is 19.8 Å². The molecule has 2 N–H and O–H groups in total. The van der Waals surface area contributed by atoms with E-state index in [1.807, 2.05) is 25.1 Å². The molecular formula is C25H21N3O5S3. The molecule has 0 saturated carbocycles. The van der Waals surface area contributed by atoms with Crippen molar-refractivity contribution in [3.05, 3.63) is 80.9 Å². The quantitative estimate of drug-likeness (QED) is 0.318. The molecule has 11 heteroatoms. The number of methoxy groups -OCH3 is 1. The second kappa shape index (κ2) is 11.4. The Balaban J connectivity index is 1.41. The van der Waals surface area contributed by atoms with Crippen molar-refractivity contribution in [1.82, 2.24) is 10.4 Å². The molecule has 0 unspecified atom stereocenters. The molecule has 0 atom stereocenters. The summed E-state index contributed by atoms with van der Waals surface area (Å²) in [6, 6.07) is 16.0. The number of hydrazine groups is 1. The van der Waals surface area contributed by atoms with Crippen LogP contribution in [0.4, 0.5) is 5.69 Å². The predicted molar refractivity (Wildman–Crippen MR) is 145 cm³/mol. The van der Waals surface area contributed by atoms with Gasteiger partial charge in [0, 0.05) is 5.69 Å². The number of carbonyl (C=O) groups excluding carboxylic acids is 3. The summed E-state index contributed by atoms with van der Waals surface area (Å²) in [7, 11) is 1.48. The number of hydrogen-bond acceptors (Lipinski definition) is 8. The first-order chi connectivity index (χ1) is 17.3. The Hall–Kier alpha value is -3.67. The number of thioether (sulfide) groups is 1. The van der Waals surface area contributed by atoms with E-state index in [9.17, 15) is 14.4 Å². The highest BCUT2D eigenvalue weighted by molar-refractivity contribution is 8.26. The SMILES string of the molecule is COc1cc(/C=C2/SC(=S)N(NC(=O)c3cccs3)C2=O)ccc1OCC(=O)Nc1cccc(C)c1. The molecule has 184 valence electrons. The van der Waals surface area contributed by atoms with Crippen LogP contribution in [0.1, 0.15) is 20.8 Å². The number of hydrogen-bond donors (Lipinski definition) is 2. The van der Waals surface area contributed by atoms with E-state index in [-0.39, 0.29) is 16.8 Å². The highest BCUT2D eigenvalue weighted by atomic mass is 32.2. The van der Waals surface area contributed by atoms with Gasteiger partial charge in [0.05, 0.1) is 16.9 Å². The first-order valence-corrected chi connectivity index (χ1v) is 12.7. The molecule has 1 aliphatic rings. The normalized spacial score (nSPS) is 14.2. The Kier molecular flexibility index (Phi) is 8.04. The molecule has 4 rings (SSSR count). The van der Waals surface area contributed by atoms with Gasteiger partial charge in [-0.2, -0.15) is 5.01 Å². The van der Waals surface area contributed by atoms with E-state index in [1.54, 1.807) is 47.9 Å². The van der Waals surface area contributed by atoms with Gasteiger partial charge in [0.25, 0.3) is 17.7 Å². The summed E-state index contributed by atoms with van der Waals surface area (Å²) in [6.07, 6.45) is 1.65. The van der Waals surface area contributed by atoms with Gasteiger partial charge < -0.3 is 14.8 Å². The number of amides is 3. The van der Waals surface area contributed by atoms with Crippen LogP contribution in [-0.2, 0) is 9.59 Å². The first kappa shape index (κ1) is 25.4. The van der Waals surface area contributed by atoms with E-state index in [1.165, 1.54) is 18.4 Å². The summed E-state index contributed by atoms with van der Waals surface area (Å²) in [5.74, 6) is -0.363. The molecule has 2 heterocycles. The van der Waals surface area contributed by atoms with Crippen LogP contribution in [0.5, 0.6) is 11.5 Å². The number of nitrogens with zero attached hydrogens (tertiary/aromatic N) is 1. The third kappa shape index (κ3) is 6.11. The maximum absolute atomic E-state index is 12.8. The van der Waals surface area contributed by atoms with Crippen molar-refractivity contribution in [2.75, 3.05) is 19.0 Å². The van der Waals surface area contributed by atoms with E-state index >= 15 is 0 Å². The molecule has 1 fully saturated rings. The van der Waals surface area contributed by atoms with Crippen LogP contribution in [0, 0.1) is 6.92 Å². The number of anilines is 1. The number of benzene rings is 2. The fourth-order valence-electron chi connectivity index (χ4n) is 3.24. The third-order valence-electron chi connectivity index (χ3n) is 4.90. The molecule has 1 saturated heterocycles. The zero-order valence-electron chi connectivity index (χ0n) is 19.3. The van der Waals surface area contributed by atoms with Crippen molar-refractivity contribution in [2.24, 2.45) is 0 Å². The average molecular weight is 540 g/mol. The van der Waals surface area contributed by atoms with Crippen LogP contribution < -0.4 is 20.2 Å². The molecule has 3 amide bonds. The molecule has 0 bridgehead atoms. The fourth-order valence-corrected chi connectivity index (χ4v) is 5.03. The Morgan fingerprint density at radius 3 is 2.67 bits per heavy atom. The van der Waals surface area contributed by atoms with Crippen LogP contribution in [0.25, 0.3) is 6.08 Å². The summed E-state index contributed by atoms with van der Waals surface area (Å²) in [5, 5.41) is 5.62. The van der Waals surface area contributed by atoms with Gasteiger partial charge in [-0.15, -0.1) is 11.3 Å². The summed E-state index contributed by atoms with van der Waals surface area (Å²) >= 11 is 7.62. The van der Waals surface area contributed by atoms with Crippen LogP contribution >= 0.6 is 35.3 Å². The maximum atomic E-state index is 12.8. The van der Waals surface area contributed by atoms with Crippen LogP contribution in [0.3, 0.4) is 0 Å². The van der Waals surface area contributed by atoms with Gasteiger partial charge in [0.15, 0.2) is 22.4 Å². The molecule has 36 heavy (non-hydrogen) atoms. The monoisotopic (exact) mass is 539 g/mol. The lowest BCUT2D eigenvalue weighted by Crippen LogP contribution is -2.44. The Morgan fingerprint density at radius 1 is 1.11 bits per heavy atom. The number of carbonyl (C=O) groups is 3. The van der Waals surface area contributed by atoms with Crippen molar-refractivity contribution in [1.29, 1.82) is 0 Å². The van der Waals surface area contributed by atoms with Gasteiger partial charge in [0.1, 0.15) is 0 Å². The smallest absolute Gasteiger partial charge is 0.285 e. The van der Waals surface area contributed by atoms with E-state index in [4.69, 9.17) is 21.7 Å². The summed E-state index contributed by atoms with van der Waals surface area (Å²) in [4.78, 5) is 38.2. The largest absolute Gasteiger partial charge is 0.493 e. The zero-order valence-corrected chi connectivity index (χ0v) is 21.7. The van der Waals surface area contributed by atoms with Crippen molar-refractivity contribution >= 4 is 69.1 Å². The highest BCUT2D eigenvalue weighted by Crippen LogP contribution is 2.34. The fraction of sp³-hybridized carbons (Fsp3) is 0.120. The summed E-state index contributed by atoms with van der Waals surface area (Å²) < 4.78 is 11.3. The predicted octanol–water partition coefficient (Wildman–Crippen LogP) is 4.63. The van der Waals surface area contributed by atoms with Crippen molar-refractivity contribution < 1.29 is 23.9 Å². The molecule has 1 aromatic heterocycles. The van der Waals surface area contributed by atoms with Crippen LogP contribution in [0.15, 0.2) is 64.9 Å². The van der Waals surface area contributed by atoms with Gasteiger partial charge in [0.2, 0.25) is 0 Å².